The molecule has 11 heteroatoms. The first kappa shape index (κ1) is 24.8. The van der Waals surface area contributed by atoms with E-state index in [9.17, 15) is 13.2 Å². The van der Waals surface area contributed by atoms with Gasteiger partial charge in [0.05, 0.1) is 0 Å². The van der Waals surface area contributed by atoms with Crippen molar-refractivity contribution in [3.8, 4) is 22.5 Å². The van der Waals surface area contributed by atoms with Gasteiger partial charge in [0.1, 0.15) is 5.82 Å². The van der Waals surface area contributed by atoms with E-state index in [0.717, 1.165) is 28.7 Å². The molecule has 4 rings (SSSR count). The van der Waals surface area contributed by atoms with Crippen LogP contribution in [0.5, 0.6) is 0 Å². The molecule has 0 atom stereocenters. The number of rotatable bonds is 7. The van der Waals surface area contributed by atoms with Crippen molar-refractivity contribution in [3.63, 3.8) is 0 Å². The predicted octanol–water partition coefficient (Wildman–Crippen LogP) is 4.26. The fraction of sp³-hybridized carbons (Fsp3) is 0.227. The van der Waals surface area contributed by atoms with Crippen LogP contribution in [0.1, 0.15) is 30.3 Å². The van der Waals surface area contributed by atoms with Crippen molar-refractivity contribution in [2.75, 3.05) is 5.32 Å². The molecule has 0 amide bonds. The predicted molar refractivity (Wildman–Crippen MR) is 121 cm³/mol. The zero-order valence-corrected chi connectivity index (χ0v) is 17.2. The summed E-state index contributed by atoms with van der Waals surface area (Å²) in [6.07, 6.45) is -1.97. The van der Waals surface area contributed by atoms with E-state index >= 15 is 0 Å². The molecule has 0 aliphatic rings. The molecular weight excluding hydrogens is 442 g/mol. The molecule has 0 saturated carbocycles. The maximum absolute atomic E-state index is 13.0. The first-order valence-corrected chi connectivity index (χ1v) is 10.0. The number of aromatic nitrogens is 6. The molecule has 2 N–H and O–H groups in total. The normalized spacial score (nSPS) is 11.2. The molecule has 166 valence electrons. The van der Waals surface area contributed by atoms with Gasteiger partial charge in [-0.15, -0.1) is 5.10 Å². The molecule has 2 heterocycles. The van der Waals surface area contributed by atoms with Crippen molar-refractivity contribution in [2.24, 2.45) is 0 Å². The third-order valence-electron chi connectivity index (χ3n) is 4.89. The van der Waals surface area contributed by atoms with Crippen LogP contribution in [-0.2, 0) is 19.1 Å². The van der Waals surface area contributed by atoms with E-state index in [0.29, 0.717) is 24.4 Å². The number of hydrogen-bond acceptors (Lipinski definition) is 6. The van der Waals surface area contributed by atoms with E-state index in [4.69, 9.17) is 0 Å². The molecule has 4 aromatic rings. The molecule has 0 radical (unpaired) electrons. The molecular formula is C22H21F3N7Na. The fourth-order valence-electron chi connectivity index (χ4n) is 3.35. The van der Waals surface area contributed by atoms with Crippen LogP contribution in [0.25, 0.3) is 22.5 Å². The van der Waals surface area contributed by atoms with Gasteiger partial charge in [0, 0.05) is 23.9 Å². The molecule has 0 saturated heterocycles. The second-order valence-corrected chi connectivity index (χ2v) is 7.16. The van der Waals surface area contributed by atoms with Gasteiger partial charge in [-0.25, -0.2) is 15.1 Å². The number of H-pyrrole nitrogens is 1. The van der Waals surface area contributed by atoms with Gasteiger partial charge in [-0.05, 0) is 33.5 Å². The number of aryl methyl sites for hydroxylation is 1. The summed E-state index contributed by atoms with van der Waals surface area (Å²) in [6, 6.07) is 15.5. The van der Waals surface area contributed by atoms with Crippen molar-refractivity contribution >= 4 is 35.4 Å². The summed E-state index contributed by atoms with van der Waals surface area (Å²) in [6.45, 7) is 2.28. The first-order valence-electron chi connectivity index (χ1n) is 10.0. The molecule has 0 aliphatic carbocycles. The van der Waals surface area contributed by atoms with Crippen molar-refractivity contribution < 1.29 is 13.2 Å². The monoisotopic (exact) mass is 463 g/mol. The van der Waals surface area contributed by atoms with Gasteiger partial charge in [0.2, 0.25) is 5.82 Å². The molecule has 2 aromatic carbocycles. The maximum atomic E-state index is 13.0. The second-order valence-electron chi connectivity index (χ2n) is 7.16. The van der Waals surface area contributed by atoms with Crippen LogP contribution < -0.4 is 5.32 Å². The number of hydrogen-bond donors (Lipinski definition) is 2. The van der Waals surface area contributed by atoms with E-state index in [1.165, 1.54) is 6.20 Å². The van der Waals surface area contributed by atoms with Gasteiger partial charge in [-0.1, -0.05) is 61.9 Å². The van der Waals surface area contributed by atoms with Crippen LogP contribution in [0, 0.1) is 0 Å². The second kappa shape index (κ2) is 10.9. The van der Waals surface area contributed by atoms with Gasteiger partial charge < -0.3 is 5.32 Å². The van der Waals surface area contributed by atoms with Gasteiger partial charge in [0.15, 0.2) is 5.82 Å². The van der Waals surface area contributed by atoms with Crippen molar-refractivity contribution in [2.45, 2.75) is 32.5 Å². The SMILES string of the molecule is CCCc1cnc(C(F)(F)F)nc1NCc1ccc(-c2ccccc2-c2nnn[nH]2)cc1.[NaH]. The van der Waals surface area contributed by atoms with E-state index in [2.05, 4.69) is 35.9 Å². The van der Waals surface area contributed by atoms with E-state index in [-0.39, 0.29) is 35.4 Å². The molecule has 0 fully saturated rings. The Morgan fingerprint density at radius 3 is 2.36 bits per heavy atom. The van der Waals surface area contributed by atoms with E-state index < -0.39 is 12.0 Å². The Morgan fingerprint density at radius 2 is 1.73 bits per heavy atom. The van der Waals surface area contributed by atoms with Crippen LogP contribution in [0.15, 0.2) is 54.7 Å². The Labute approximate surface area is 210 Å². The molecule has 2 aromatic heterocycles. The van der Waals surface area contributed by atoms with Crippen LogP contribution in [0.4, 0.5) is 19.0 Å². The Hall–Kier alpha value is -2.82. The number of tetrazole rings is 1. The van der Waals surface area contributed by atoms with Gasteiger partial charge >= 0.3 is 35.7 Å². The van der Waals surface area contributed by atoms with Crippen LogP contribution in [0.3, 0.4) is 0 Å². The Balaban J connectivity index is 0.00000306. The Morgan fingerprint density at radius 1 is 1.00 bits per heavy atom. The van der Waals surface area contributed by atoms with Crippen molar-refractivity contribution in [1.29, 1.82) is 0 Å². The minimum atomic E-state index is -4.59. The quantitative estimate of drug-likeness (QED) is 0.398. The topological polar surface area (TPSA) is 92.3 Å². The number of alkyl halides is 3. The number of benzene rings is 2. The van der Waals surface area contributed by atoms with E-state index in [1.807, 2.05) is 55.5 Å². The zero-order valence-electron chi connectivity index (χ0n) is 17.2. The molecule has 0 bridgehead atoms. The van der Waals surface area contributed by atoms with Crippen LogP contribution in [-0.4, -0.2) is 60.1 Å². The minimum absolute atomic E-state index is 0. The van der Waals surface area contributed by atoms with E-state index in [1.54, 1.807) is 0 Å². The molecule has 0 aliphatic heterocycles. The zero-order chi connectivity index (χ0) is 22.6. The van der Waals surface area contributed by atoms with Gasteiger partial charge in [0.25, 0.3) is 0 Å². The number of nitrogens with zero attached hydrogens (tertiary/aromatic N) is 5. The number of nitrogens with one attached hydrogen (secondary N) is 2. The number of halogens is 3. The summed E-state index contributed by atoms with van der Waals surface area (Å²) >= 11 is 0. The summed E-state index contributed by atoms with van der Waals surface area (Å²) in [5.74, 6) is -0.367. The average molecular weight is 463 g/mol. The number of anilines is 1. The summed E-state index contributed by atoms with van der Waals surface area (Å²) in [4.78, 5) is 7.18. The molecule has 0 unspecified atom stereocenters. The summed E-state index contributed by atoms with van der Waals surface area (Å²) in [5, 5.41) is 17.1. The van der Waals surface area contributed by atoms with Crippen LogP contribution >= 0.6 is 0 Å². The summed E-state index contributed by atoms with van der Waals surface area (Å²) in [7, 11) is 0. The Bertz CT molecular complexity index is 1180. The molecule has 0 spiro atoms. The standard InChI is InChI=1S/C22H20F3N7.Na.H/c1-2-5-16-13-27-21(22(23,24)25)28-19(16)26-12-14-8-10-15(11-9-14)17-6-3-4-7-18(17)20-29-31-32-30-20;;/h3-4,6-11,13H,2,5,12H2,1H3,(H,26,27,28)(H,29,30,31,32);;. The molecule has 33 heavy (non-hydrogen) atoms. The summed E-state index contributed by atoms with van der Waals surface area (Å²) in [5.41, 5.74) is 4.36. The molecule has 7 nitrogen and oxygen atoms in total. The average Bonchev–Trinajstić information content (AvgIpc) is 3.33. The van der Waals surface area contributed by atoms with Crippen LogP contribution in [0.2, 0.25) is 0 Å². The third-order valence-corrected chi connectivity index (χ3v) is 4.89. The Kier molecular flexibility index (Phi) is 8.17. The first-order chi connectivity index (χ1) is 15.5. The van der Waals surface area contributed by atoms with Crippen molar-refractivity contribution in [1.82, 2.24) is 30.6 Å². The summed E-state index contributed by atoms with van der Waals surface area (Å²) < 4.78 is 39.1. The third kappa shape index (κ3) is 5.95. The van der Waals surface area contributed by atoms with Gasteiger partial charge in [-0.2, -0.15) is 13.2 Å². The van der Waals surface area contributed by atoms with Gasteiger partial charge in [-0.3, -0.25) is 0 Å². The fourth-order valence-corrected chi connectivity index (χ4v) is 3.35. The van der Waals surface area contributed by atoms with Crippen molar-refractivity contribution in [3.05, 3.63) is 71.7 Å². The number of aromatic amines is 1.